The molecule has 2 N–H and O–H groups in total. The first-order chi connectivity index (χ1) is 12.0. The highest BCUT2D eigenvalue weighted by Crippen LogP contribution is 2.09. The van der Waals surface area contributed by atoms with Gasteiger partial charge in [-0.05, 0) is 24.1 Å². The van der Waals surface area contributed by atoms with Gasteiger partial charge in [-0.1, -0.05) is 23.7 Å². The van der Waals surface area contributed by atoms with E-state index in [9.17, 15) is 8.42 Å². The van der Waals surface area contributed by atoms with Gasteiger partial charge in [-0.3, -0.25) is 4.99 Å². The maximum absolute atomic E-state index is 12.2. The number of sulfonamides is 1. The van der Waals surface area contributed by atoms with Gasteiger partial charge < -0.3 is 15.4 Å². The Morgan fingerprint density at radius 2 is 1.84 bits per heavy atom. The third-order valence-corrected chi connectivity index (χ3v) is 5.98. The standard InChI is InChI=1S/C16H25ClN4O3S/c1-18-16(19-7-6-14-2-4-15(17)5-3-14)20-8-13-25(22,23)21-9-11-24-12-10-21/h2-5H,6-13H2,1H3,(H2,18,19,20). The van der Waals surface area contributed by atoms with Crippen molar-refractivity contribution in [2.24, 2.45) is 4.99 Å². The summed E-state index contributed by atoms with van der Waals surface area (Å²) in [7, 11) is -1.60. The summed E-state index contributed by atoms with van der Waals surface area (Å²) in [5.74, 6) is 0.622. The van der Waals surface area contributed by atoms with Crippen LogP contribution in [0.5, 0.6) is 0 Å². The Bertz CT molecular complexity index is 658. The number of nitrogens with zero attached hydrogens (tertiary/aromatic N) is 2. The van der Waals surface area contributed by atoms with Gasteiger partial charge in [0.2, 0.25) is 10.0 Å². The van der Waals surface area contributed by atoms with Crippen LogP contribution in [0.1, 0.15) is 5.56 Å². The van der Waals surface area contributed by atoms with Crippen LogP contribution in [0, 0.1) is 0 Å². The summed E-state index contributed by atoms with van der Waals surface area (Å²) in [5.41, 5.74) is 1.17. The molecule has 140 valence electrons. The Morgan fingerprint density at radius 3 is 2.48 bits per heavy atom. The summed E-state index contributed by atoms with van der Waals surface area (Å²) < 4.78 is 31.1. The summed E-state index contributed by atoms with van der Waals surface area (Å²) in [4.78, 5) is 4.11. The zero-order valence-corrected chi connectivity index (χ0v) is 15.9. The predicted molar refractivity (Wildman–Crippen MR) is 101 cm³/mol. The summed E-state index contributed by atoms with van der Waals surface area (Å²) in [5, 5.41) is 6.93. The number of benzene rings is 1. The molecule has 1 aliphatic rings. The number of rotatable bonds is 7. The molecule has 0 radical (unpaired) electrons. The van der Waals surface area contributed by atoms with Crippen LogP contribution in [0.2, 0.25) is 5.02 Å². The normalized spacial score (nSPS) is 16.6. The van der Waals surface area contributed by atoms with Crippen LogP contribution >= 0.6 is 11.6 Å². The molecule has 1 aromatic carbocycles. The van der Waals surface area contributed by atoms with Crippen molar-refractivity contribution in [3.8, 4) is 0 Å². The smallest absolute Gasteiger partial charge is 0.215 e. The molecule has 0 aromatic heterocycles. The van der Waals surface area contributed by atoms with E-state index in [-0.39, 0.29) is 5.75 Å². The molecule has 7 nitrogen and oxygen atoms in total. The van der Waals surface area contributed by atoms with Crippen LogP contribution in [0.3, 0.4) is 0 Å². The zero-order valence-electron chi connectivity index (χ0n) is 14.4. The fraction of sp³-hybridized carbons (Fsp3) is 0.562. The number of halogens is 1. The highest BCUT2D eigenvalue weighted by molar-refractivity contribution is 7.89. The van der Waals surface area contributed by atoms with Gasteiger partial charge in [-0.25, -0.2) is 8.42 Å². The Balaban J connectivity index is 1.70. The third-order valence-electron chi connectivity index (χ3n) is 3.86. The second kappa shape index (κ2) is 9.96. The molecule has 1 heterocycles. The zero-order chi connectivity index (χ0) is 18.1. The fourth-order valence-electron chi connectivity index (χ4n) is 2.45. The van der Waals surface area contributed by atoms with Gasteiger partial charge >= 0.3 is 0 Å². The summed E-state index contributed by atoms with van der Waals surface area (Å²) in [6.07, 6.45) is 0.823. The number of guanidine groups is 1. The van der Waals surface area contributed by atoms with E-state index in [1.54, 1.807) is 7.05 Å². The van der Waals surface area contributed by atoms with E-state index in [2.05, 4.69) is 15.6 Å². The van der Waals surface area contributed by atoms with Gasteiger partial charge in [0.15, 0.2) is 5.96 Å². The molecule has 1 aliphatic heterocycles. The quantitative estimate of drug-likeness (QED) is 0.531. The minimum atomic E-state index is -3.26. The van der Waals surface area contributed by atoms with Gasteiger partial charge in [0.1, 0.15) is 0 Å². The number of hydrogen-bond donors (Lipinski definition) is 2. The molecule has 25 heavy (non-hydrogen) atoms. The van der Waals surface area contributed by atoms with Crippen LogP contribution < -0.4 is 10.6 Å². The third kappa shape index (κ3) is 6.81. The highest BCUT2D eigenvalue weighted by atomic mass is 35.5. The van der Waals surface area contributed by atoms with E-state index in [1.165, 1.54) is 9.87 Å². The molecule has 0 bridgehead atoms. The maximum atomic E-state index is 12.2. The lowest BCUT2D eigenvalue weighted by molar-refractivity contribution is 0.0730. The summed E-state index contributed by atoms with van der Waals surface area (Å²) in [6.45, 7) is 2.77. The summed E-state index contributed by atoms with van der Waals surface area (Å²) in [6, 6.07) is 7.69. The molecule has 0 aliphatic carbocycles. The topological polar surface area (TPSA) is 83.0 Å². The predicted octanol–water partition coefficient (Wildman–Crippen LogP) is 0.710. The van der Waals surface area contributed by atoms with Crippen LogP contribution in [-0.2, 0) is 21.2 Å². The van der Waals surface area contributed by atoms with E-state index in [1.807, 2.05) is 24.3 Å². The van der Waals surface area contributed by atoms with E-state index in [0.29, 0.717) is 45.4 Å². The first kappa shape index (κ1) is 20.0. The van der Waals surface area contributed by atoms with Crippen molar-refractivity contribution >= 4 is 27.6 Å². The largest absolute Gasteiger partial charge is 0.379 e. The molecule has 0 unspecified atom stereocenters. The Hall–Kier alpha value is -1.35. The molecule has 0 saturated carbocycles. The van der Waals surface area contributed by atoms with Crippen molar-refractivity contribution in [3.05, 3.63) is 34.9 Å². The lowest BCUT2D eigenvalue weighted by Crippen LogP contribution is -2.45. The van der Waals surface area contributed by atoms with Crippen molar-refractivity contribution in [2.45, 2.75) is 6.42 Å². The molecule has 0 amide bonds. The van der Waals surface area contributed by atoms with Crippen molar-refractivity contribution in [2.75, 3.05) is 52.2 Å². The van der Waals surface area contributed by atoms with E-state index in [4.69, 9.17) is 16.3 Å². The molecule has 0 spiro atoms. The van der Waals surface area contributed by atoms with Crippen LogP contribution in [-0.4, -0.2) is 70.9 Å². The van der Waals surface area contributed by atoms with Crippen molar-refractivity contribution in [1.29, 1.82) is 0 Å². The number of nitrogens with one attached hydrogen (secondary N) is 2. The second-order valence-corrected chi connectivity index (χ2v) is 8.15. The summed E-state index contributed by atoms with van der Waals surface area (Å²) >= 11 is 5.86. The van der Waals surface area contributed by atoms with Crippen molar-refractivity contribution in [3.63, 3.8) is 0 Å². The van der Waals surface area contributed by atoms with E-state index >= 15 is 0 Å². The lowest BCUT2D eigenvalue weighted by Gasteiger charge is -2.26. The van der Waals surface area contributed by atoms with Crippen LogP contribution in [0.4, 0.5) is 0 Å². The highest BCUT2D eigenvalue weighted by Gasteiger charge is 2.23. The van der Waals surface area contributed by atoms with Gasteiger partial charge in [0.05, 0.1) is 19.0 Å². The number of ether oxygens (including phenoxy) is 1. The van der Waals surface area contributed by atoms with E-state index in [0.717, 1.165) is 11.4 Å². The monoisotopic (exact) mass is 388 g/mol. The molecule has 1 fully saturated rings. The molecular weight excluding hydrogens is 364 g/mol. The number of hydrogen-bond acceptors (Lipinski definition) is 4. The van der Waals surface area contributed by atoms with Gasteiger partial charge in [0, 0.05) is 38.2 Å². The molecule has 0 atom stereocenters. The maximum Gasteiger partial charge on any atom is 0.215 e. The molecule has 9 heteroatoms. The van der Waals surface area contributed by atoms with E-state index < -0.39 is 10.0 Å². The van der Waals surface area contributed by atoms with Gasteiger partial charge in [0.25, 0.3) is 0 Å². The van der Waals surface area contributed by atoms with Crippen LogP contribution in [0.25, 0.3) is 0 Å². The number of morpholine rings is 1. The molecule has 1 aromatic rings. The van der Waals surface area contributed by atoms with Crippen molar-refractivity contribution in [1.82, 2.24) is 14.9 Å². The van der Waals surface area contributed by atoms with Gasteiger partial charge in [-0.15, -0.1) is 0 Å². The molecule has 1 saturated heterocycles. The second-order valence-electron chi connectivity index (χ2n) is 5.63. The molecular formula is C16H25ClN4O3S. The Labute approximate surface area is 154 Å². The Kier molecular flexibility index (Phi) is 7.95. The average molecular weight is 389 g/mol. The number of aliphatic imine (C=N–C) groups is 1. The first-order valence-corrected chi connectivity index (χ1v) is 10.2. The minimum Gasteiger partial charge on any atom is -0.379 e. The fourth-order valence-corrected chi connectivity index (χ4v) is 3.90. The van der Waals surface area contributed by atoms with Gasteiger partial charge in [-0.2, -0.15) is 4.31 Å². The molecule has 2 rings (SSSR count). The SMILES string of the molecule is CN=C(NCCc1ccc(Cl)cc1)NCCS(=O)(=O)N1CCOCC1. The van der Waals surface area contributed by atoms with Crippen molar-refractivity contribution < 1.29 is 13.2 Å². The first-order valence-electron chi connectivity index (χ1n) is 8.26. The minimum absolute atomic E-state index is 0.0326. The van der Waals surface area contributed by atoms with Crippen LogP contribution in [0.15, 0.2) is 29.3 Å². The average Bonchev–Trinajstić information content (AvgIpc) is 2.62. The lowest BCUT2D eigenvalue weighted by atomic mass is 10.1. The Morgan fingerprint density at radius 1 is 1.20 bits per heavy atom.